The monoisotopic (exact) mass is 264 g/mol. The van der Waals surface area contributed by atoms with E-state index in [1.165, 1.54) is 0 Å². The van der Waals surface area contributed by atoms with Gasteiger partial charge < -0.3 is 10.6 Å². The summed E-state index contributed by atoms with van der Waals surface area (Å²) in [5.41, 5.74) is 8.25. The van der Waals surface area contributed by atoms with Gasteiger partial charge in [0.05, 0.1) is 5.56 Å². The standard InChI is InChI=1S/C14H20N2OS/c1-10-3-4-12(13(15)9-10)14(17)16-7-5-11(18-2)6-8-16/h3-4,9,11H,5-8,15H2,1-2H3. The Balaban J connectivity index is 2.08. The zero-order valence-electron chi connectivity index (χ0n) is 11.0. The third-order valence-electron chi connectivity index (χ3n) is 3.50. The highest BCUT2D eigenvalue weighted by atomic mass is 32.2. The van der Waals surface area contributed by atoms with Gasteiger partial charge in [-0.1, -0.05) is 6.07 Å². The van der Waals surface area contributed by atoms with Crippen LogP contribution in [0.5, 0.6) is 0 Å². The highest BCUT2D eigenvalue weighted by Gasteiger charge is 2.24. The predicted molar refractivity (Wildman–Crippen MR) is 78.0 cm³/mol. The first-order valence-corrected chi connectivity index (χ1v) is 7.59. The first-order valence-electron chi connectivity index (χ1n) is 6.30. The van der Waals surface area contributed by atoms with E-state index in [1.54, 1.807) is 0 Å². The molecular weight excluding hydrogens is 244 g/mol. The molecule has 0 saturated carbocycles. The molecule has 1 heterocycles. The van der Waals surface area contributed by atoms with Crippen LogP contribution in [0.2, 0.25) is 0 Å². The van der Waals surface area contributed by atoms with Crippen molar-refractivity contribution in [1.82, 2.24) is 4.90 Å². The van der Waals surface area contributed by atoms with E-state index in [-0.39, 0.29) is 5.91 Å². The van der Waals surface area contributed by atoms with Gasteiger partial charge in [0.15, 0.2) is 0 Å². The maximum Gasteiger partial charge on any atom is 0.255 e. The number of nitrogens with zero attached hydrogens (tertiary/aromatic N) is 1. The molecule has 1 amide bonds. The molecule has 1 saturated heterocycles. The number of aryl methyl sites for hydroxylation is 1. The van der Waals surface area contributed by atoms with Crippen molar-refractivity contribution in [3.05, 3.63) is 29.3 Å². The summed E-state index contributed by atoms with van der Waals surface area (Å²) in [4.78, 5) is 14.3. The average molecular weight is 264 g/mol. The molecule has 3 nitrogen and oxygen atoms in total. The van der Waals surface area contributed by atoms with Gasteiger partial charge in [0.1, 0.15) is 0 Å². The molecule has 2 N–H and O–H groups in total. The fourth-order valence-electron chi connectivity index (χ4n) is 2.34. The van der Waals surface area contributed by atoms with Gasteiger partial charge >= 0.3 is 0 Å². The molecule has 0 aliphatic carbocycles. The minimum absolute atomic E-state index is 0.0760. The van der Waals surface area contributed by atoms with Crippen molar-refractivity contribution in [1.29, 1.82) is 0 Å². The van der Waals surface area contributed by atoms with Crippen molar-refractivity contribution in [3.8, 4) is 0 Å². The van der Waals surface area contributed by atoms with Gasteiger partial charge in [-0.25, -0.2) is 0 Å². The average Bonchev–Trinajstić information content (AvgIpc) is 2.38. The molecule has 2 rings (SSSR count). The van der Waals surface area contributed by atoms with E-state index in [1.807, 2.05) is 41.8 Å². The lowest BCUT2D eigenvalue weighted by Crippen LogP contribution is -2.39. The van der Waals surface area contributed by atoms with Crippen molar-refractivity contribution in [3.63, 3.8) is 0 Å². The lowest BCUT2D eigenvalue weighted by atomic mass is 10.1. The Kier molecular flexibility index (Phi) is 4.17. The first kappa shape index (κ1) is 13.3. The quantitative estimate of drug-likeness (QED) is 0.835. The molecule has 0 spiro atoms. The smallest absolute Gasteiger partial charge is 0.255 e. The molecule has 1 fully saturated rings. The lowest BCUT2D eigenvalue weighted by molar-refractivity contribution is 0.0728. The summed E-state index contributed by atoms with van der Waals surface area (Å²) in [5.74, 6) is 0.0760. The number of carbonyl (C=O) groups is 1. The Morgan fingerprint density at radius 2 is 2.06 bits per heavy atom. The Bertz CT molecular complexity index is 439. The second-order valence-electron chi connectivity index (χ2n) is 4.82. The van der Waals surface area contributed by atoms with Gasteiger partial charge in [-0.2, -0.15) is 11.8 Å². The number of hydrogen-bond acceptors (Lipinski definition) is 3. The first-order chi connectivity index (χ1) is 8.61. The number of rotatable bonds is 2. The van der Waals surface area contributed by atoms with Crippen LogP contribution in [0.3, 0.4) is 0 Å². The minimum Gasteiger partial charge on any atom is -0.398 e. The van der Waals surface area contributed by atoms with E-state index in [0.717, 1.165) is 31.5 Å². The molecule has 0 aromatic heterocycles. The summed E-state index contributed by atoms with van der Waals surface area (Å²) in [6.07, 6.45) is 4.30. The van der Waals surface area contributed by atoms with Crippen molar-refractivity contribution in [2.75, 3.05) is 25.1 Å². The number of likely N-dealkylation sites (tertiary alicyclic amines) is 1. The van der Waals surface area contributed by atoms with Gasteiger partial charge in [0.25, 0.3) is 5.91 Å². The van der Waals surface area contributed by atoms with Crippen LogP contribution in [0.4, 0.5) is 5.69 Å². The topological polar surface area (TPSA) is 46.3 Å². The van der Waals surface area contributed by atoms with E-state index in [4.69, 9.17) is 5.73 Å². The number of hydrogen-bond donors (Lipinski definition) is 1. The molecule has 1 aromatic rings. The number of amides is 1. The van der Waals surface area contributed by atoms with E-state index in [0.29, 0.717) is 16.5 Å². The van der Waals surface area contributed by atoms with Crippen LogP contribution in [0, 0.1) is 6.92 Å². The summed E-state index contributed by atoms with van der Waals surface area (Å²) in [7, 11) is 0. The fourth-order valence-corrected chi connectivity index (χ4v) is 3.02. The van der Waals surface area contributed by atoms with Crippen LogP contribution >= 0.6 is 11.8 Å². The maximum atomic E-state index is 12.4. The molecule has 0 radical (unpaired) electrons. The lowest BCUT2D eigenvalue weighted by Gasteiger charge is -2.31. The fraction of sp³-hybridized carbons (Fsp3) is 0.500. The van der Waals surface area contributed by atoms with Gasteiger partial charge in [0, 0.05) is 24.0 Å². The second kappa shape index (κ2) is 5.65. The molecule has 0 bridgehead atoms. The van der Waals surface area contributed by atoms with Gasteiger partial charge in [-0.15, -0.1) is 0 Å². The normalized spacial score (nSPS) is 16.9. The van der Waals surface area contributed by atoms with Crippen LogP contribution in [0.1, 0.15) is 28.8 Å². The highest BCUT2D eigenvalue weighted by Crippen LogP contribution is 2.23. The third kappa shape index (κ3) is 2.80. The zero-order chi connectivity index (χ0) is 13.1. The largest absolute Gasteiger partial charge is 0.398 e. The van der Waals surface area contributed by atoms with Crippen LogP contribution in [-0.4, -0.2) is 35.4 Å². The molecule has 4 heteroatoms. The number of nitrogen functional groups attached to an aromatic ring is 1. The van der Waals surface area contributed by atoms with Crippen molar-refractivity contribution >= 4 is 23.4 Å². The Labute approximate surface area is 113 Å². The number of benzene rings is 1. The van der Waals surface area contributed by atoms with Crippen molar-refractivity contribution in [2.45, 2.75) is 25.0 Å². The van der Waals surface area contributed by atoms with Gasteiger partial charge in [-0.05, 0) is 43.7 Å². The van der Waals surface area contributed by atoms with Gasteiger partial charge in [-0.3, -0.25) is 4.79 Å². The highest BCUT2D eigenvalue weighted by molar-refractivity contribution is 7.99. The molecule has 98 valence electrons. The number of carbonyl (C=O) groups excluding carboxylic acids is 1. The Hall–Kier alpha value is -1.16. The van der Waals surface area contributed by atoms with Crippen LogP contribution in [-0.2, 0) is 0 Å². The summed E-state index contributed by atoms with van der Waals surface area (Å²) in [6.45, 7) is 3.67. The molecule has 1 aromatic carbocycles. The Morgan fingerprint density at radius 1 is 1.39 bits per heavy atom. The van der Waals surface area contributed by atoms with Gasteiger partial charge in [0.2, 0.25) is 0 Å². The number of thioether (sulfide) groups is 1. The third-order valence-corrected chi connectivity index (χ3v) is 4.64. The zero-order valence-corrected chi connectivity index (χ0v) is 11.8. The maximum absolute atomic E-state index is 12.4. The van der Waals surface area contributed by atoms with E-state index in [2.05, 4.69) is 6.26 Å². The van der Waals surface area contributed by atoms with Crippen LogP contribution in [0.25, 0.3) is 0 Å². The number of anilines is 1. The van der Waals surface area contributed by atoms with E-state index < -0.39 is 0 Å². The SMILES string of the molecule is CSC1CCN(C(=O)c2ccc(C)cc2N)CC1. The van der Waals surface area contributed by atoms with E-state index >= 15 is 0 Å². The molecule has 0 atom stereocenters. The molecular formula is C14H20N2OS. The van der Waals surface area contributed by atoms with Crippen LogP contribution in [0.15, 0.2) is 18.2 Å². The Morgan fingerprint density at radius 3 is 2.61 bits per heavy atom. The number of piperidine rings is 1. The van der Waals surface area contributed by atoms with Crippen molar-refractivity contribution < 1.29 is 4.79 Å². The molecule has 1 aliphatic heterocycles. The van der Waals surface area contributed by atoms with E-state index in [9.17, 15) is 4.79 Å². The predicted octanol–water partition coefficient (Wildman–Crippen LogP) is 2.54. The summed E-state index contributed by atoms with van der Waals surface area (Å²) < 4.78 is 0. The molecule has 18 heavy (non-hydrogen) atoms. The minimum atomic E-state index is 0.0760. The molecule has 0 unspecified atom stereocenters. The second-order valence-corrected chi connectivity index (χ2v) is 5.96. The molecule has 1 aliphatic rings. The summed E-state index contributed by atoms with van der Waals surface area (Å²) in [6, 6.07) is 5.65. The summed E-state index contributed by atoms with van der Waals surface area (Å²) >= 11 is 1.90. The van der Waals surface area contributed by atoms with Crippen LogP contribution < -0.4 is 5.73 Å². The summed E-state index contributed by atoms with van der Waals surface area (Å²) in [5, 5.41) is 0.699. The van der Waals surface area contributed by atoms with Crippen molar-refractivity contribution in [2.24, 2.45) is 0 Å². The number of nitrogens with two attached hydrogens (primary N) is 1.